The number of hydrogen-bond acceptors (Lipinski definition) is 4. The van der Waals surface area contributed by atoms with E-state index in [1.807, 2.05) is 6.92 Å². The van der Waals surface area contributed by atoms with Gasteiger partial charge in [-0.3, -0.25) is 5.32 Å². The number of nitrogens with one attached hydrogen (secondary N) is 2. The Kier molecular flexibility index (Phi) is 6.39. The second kappa shape index (κ2) is 8.76. The number of halogens is 1. The van der Waals surface area contributed by atoms with Gasteiger partial charge in [0.2, 0.25) is 0 Å². The monoisotopic (exact) mass is 406 g/mol. The maximum Gasteiger partial charge on any atom is 0.341 e. The van der Waals surface area contributed by atoms with Gasteiger partial charge in [-0.1, -0.05) is 31.5 Å². The second-order valence-electron chi connectivity index (χ2n) is 6.78. The summed E-state index contributed by atoms with van der Waals surface area (Å²) >= 11 is 7.43. The van der Waals surface area contributed by atoms with Crippen molar-refractivity contribution in [1.82, 2.24) is 0 Å². The van der Waals surface area contributed by atoms with E-state index in [2.05, 4.69) is 17.6 Å². The molecule has 0 unspecified atom stereocenters. The molecule has 1 aliphatic rings. The highest BCUT2D eigenvalue weighted by molar-refractivity contribution is 7.17. The number of ether oxygens (including phenoxy) is 1. The second-order valence-corrected chi connectivity index (χ2v) is 8.32. The Bertz CT molecular complexity index is 850. The highest BCUT2D eigenvalue weighted by atomic mass is 35.5. The predicted octanol–water partition coefficient (Wildman–Crippen LogP) is 5.74. The lowest BCUT2D eigenvalue weighted by Crippen LogP contribution is -2.21. The number of fused-ring (bicyclic) bond motifs is 1. The Balaban J connectivity index is 1.83. The number of anilines is 2. The summed E-state index contributed by atoms with van der Waals surface area (Å²) in [5.41, 5.74) is 2.12. The number of benzene rings is 1. The van der Waals surface area contributed by atoms with Gasteiger partial charge in [0, 0.05) is 15.6 Å². The fourth-order valence-corrected chi connectivity index (χ4v) is 4.74. The van der Waals surface area contributed by atoms with Crippen molar-refractivity contribution in [2.24, 2.45) is 5.92 Å². The highest BCUT2D eigenvalue weighted by Gasteiger charge is 2.29. The smallest absolute Gasteiger partial charge is 0.341 e. The Morgan fingerprint density at radius 3 is 2.89 bits per heavy atom. The number of urea groups is 1. The first-order valence-corrected chi connectivity index (χ1v) is 10.3. The zero-order chi connectivity index (χ0) is 19.4. The molecule has 0 aliphatic heterocycles. The topological polar surface area (TPSA) is 67.4 Å². The van der Waals surface area contributed by atoms with Gasteiger partial charge >= 0.3 is 12.0 Å². The summed E-state index contributed by atoms with van der Waals surface area (Å²) in [5.74, 6) is 0.214. The molecule has 1 aromatic carbocycles. The van der Waals surface area contributed by atoms with Gasteiger partial charge in [-0.15, -0.1) is 11.3 Å². The zero-order valence-electron chi connectivity index (χ0n) is 15.4. The quantitative estimate of drug-likeness (QED) is 0.622. The number of rotatable bonds is 5. The molecule has 7 heteroatoms. The lowest BCUT2D eigenvalue weighted by atomic mass is 9.88. The molecule has 0 bridgehead atoms. The molecule has 0 saturated heterocycles. The van der Waals surface area contributed by atoms with Crippen molar-refractivity contribution in [3.05, 3.63) is 45.3 Å². The minimum Gasteiger partial charge on any atom is -0.462 e. The molecule has 2 N–H and O–H groups in total. The van der Waals surface area contributed by atoms with E-state index >= 15 is 0 Å². The molecule has 1 aliphatic carbocycles. The average molecular weight is 407 g/mol. The van der Waals surface area contributed by atoms with Gasteiger partial charge in [-0.25, -0.2) is 9.59 Å². The number of carbonyl (C=O) groups is 2. The summed E-state index contributed by atoms with van der Waals surface area (Å²) in [7, 11) is 0. The van der Waals surface area contributed by atoms with Gasteiger partial charge in [0.25, 0.3) is 0 Å². The van der Waals surface area contributed by atoms with E-state index in [4.69, 9.17) is 16.3 Å². The van der Waals surface area contributed by atoms with Crippen LogP contribution in [0, 0.1) is 5.92 Å². The van der Waals surface area contributed by atoms with Crippen LogP contribution in [0.2, 0.25) is 5.02 Å². The lowest BCUT2D eigenvalue weighted by Gasteiger charge is -2.18. The van der Waals surface area contributed by atoms with E-state index in [9.17, 15) is 9.59 Å². The minimum absolute atomic E-state index is 0.359. The van der Waals surface area contributed by atoms with Gasteiger partial charge in [0.05, 0.1) is 12.2 Å². The van der Waals surface area contributed by atoms with Gasteiger partial charge in [-0.05, 0) is 55.4 Å². The first-order valence-electron chi connectivity index (χ1n) is 9.13. The predicted molar refractivity (Wildman–Crippen MR) is 110 cm³/mol. The van der Waals surface area contributed by atoms with Crippen molar-refractivity contribution < 1.29 is 14.3 Å². The van der Waals surface area contributed by atoms with Crippen molar-refractivity contribution in [2.45, 2.75) is 39.5 Å². The van der Waals surface area contributed by atoms with Crippen LogP contribution in [-0.4, -0.2) is 18.6 Å². The third-order valence-corrected chi connectivity index (χ3v) is 5.87. The maximum atomic E-state index is 12.6. The molecule has 1 aromatic heterocycles. The highest BCUT2D eigenvalue weighted by Crippen LogP contribution is 2.40. The Morgan fingerprint density at radius 2 is 2.15 bits per heavy atom. The summed E-state index contributed by atoms with van der Waals surface area (Å²) in [6, 6.07) is 6.51. The molecule has 2 aromatic rings. The summed E-state index contributed by atoms with van der Waals surface area (Å²) in [4.78, 5) is 26.2. The van der Waals surface area contributed by atoms with Crippen molar-refractivity contribution in [3.63, 3.8) is 0 Å². The fourth-order valence-electron chi connectivity index (χ4n) is 3.15. The van der Waals surface area contributed by atoms with Crippen LogP contribution in [0.1, 0.15) is 47.5 Å². The zero-order valence-corrected chi connectivity index (χ0v) is 17.0. The summed E-state index contributed by atoms with van der Waals surface area (Å²) < 4.78 is 5.36. The van der Waals surface area contributed by atoms with E-state index in [0.717, 1.165) is 36.1 Å². The van der Waals surface area contributed by atoms with Crippen LogP contribution < -0.4 is 10.6 Å². The molecule has 0 spiro atoms. The van der Waals surface area contributed by atoms with Gasteiger partial charge in [-0.2, -0.15) is 0 Å². The first kappa shape index (κ1) is 19.7. The van der Waals surface area contributed by atoms with Crippen molar-refractivity contribution in [2.75, 3.05) is 17.2 Å². The number of esters is 1. The van der Waals surface area contributed by atoms with Crippen LogP contribution >= 0.6 is 22.9 Å². The Labute approximate surface area is 168 Å². The van der Waals surface area contributed by atoms with Crippen LogP contribution in [-0.2, 0) is 17.6 Å². The summed E-state index contributed by atoms with van der Waals surface area (Å²) in [6.45, 7) is 4.53. The number of thiophene rings is 1. The average Bonchev–Trinajstić information content (AvgIpc) is 2.96. The lowest BCUT2D eigenvalue weighted by molar-refractivity contribution is 0.0505. The van der Waals surface area contributed by atoms with Crippen LogP contribution in [0.4, 0.5) is 15.5 Å². The van der Waals surface area contributed by atoms with Crippen molar-refractivity contribution in [1.29, 1.82) is 0 Å². The van der Waals surface area contributed by atoms with E-state index < -0.39 is 6.03 Å². The fraction of sp³-hybridized carbons (Fsp3) is 0.400. The van der Waals surface area contributed by atoms with Crippen molar-refractivity contribution in [3.8, 4) is 0 Å². The first-order chi connectivity index (χ1) is 13.0. The van der Waals surface area contributed by atoms with E-state index in [1.54, 1.807) is 24.3 Å². The van der Waals surface area contributed by atoms with E-state index in [0.29, 0.717) is 33.8 Å². The number of hydrogen-bond donors (Lipinski definition) is 2. The number of carbonyl (C=O) groups excluding carboxylic acids is 2. The normalized spacial score (nSPS) is 15.7. The van der Waals surface area contributed by atoms with Crippen molar-refractivity contribution >= 4 is 45.6 Å². The molecule has 1 atom stereocenters. The Hall–Kier alpha value is -2.05. The molecule has 27 heavy (non-hydrogen) atoms. The summed E-state index contributed by atoms with van der Waals surface area (Å²) in [6.07, 6.45) is 3.55. The maximum absolute atomic E-state index is 12.6. The molecule has 0 radical (unpaired) electrons. The van der Waals surface area contributed by atoms with Crippen LogP contribution in [0.5, 0.6) is 0 Å². The third kappa shape index (κ3) is 4.82. The number of amides is 2. The van der Waals surface area contributed by atoms with Crippen LogP contribution in [0.15, 0.2) is 24.3 Å². The third-order valence-electron chi connectivity index (χ3n) is 4.46. The molecule has 3 rings (SSSR count). The minimum atomic E-state index is -0.409. The molecule has 1 heterocycles. The molecule has 144 valence electrons. The molecular weight excluding hydrogens is 384 g/mol. The Morgan fingerprint density at radius 1 is 1.33 bits per heavy atom. The SMILES string of the molecule is CCCOC(=O)c1c(NC(=O)Nc2cccc(Cl)c2)sc2c1CC[C@H](C)C2. The molecule has 5 nitrogen and oxygen atoms in total. The van der Waals surface area contributed by atoms with Gasteiger partial charge in [0.15, 0.2) is 0 Å². The van der Waals surface area contributed by atoms with Gasteiger partial charge in [0.1, 0.15) is 5.00 Å². The standard InChI is InChI=1S/C20H23ClN2O3S/c1-3-9-26-19(24)17-15-8-7-12(2)10-16(15)27-18(17)23-20(25)22-14-6-4-5-13(21)11-14/h4-6,11-12H,3,7-10H2,1-2H3,(H2,22,23,25)/t12-/m0/s1. The van der Waals surface area contributed by atoms with E-state index in [1.165, 1.54) is 11.3 Å². The molecule has 0 fully saturated rings. The largest absolute Gasteiger partial charge is 0.462 e. The molecule has 2 amide bonds. The molecule has 0 saturated carbocycles. The molecular formula is C20H23ClN2O3S. The van der Waals surface area contributed by atoms with Crippen LogP contribution in [0.25, 0.3) is 0 Å². The van der Waals surface area contributed by atoms with E-state index in [-0.39, 0.29) is 5.97 Å². The summed E-state index contributed by atoms with van der Waals surface area (Å²) in [5, 5.41) is 6.67. The van der Waals surface area contributed by atoms with Gasteiger partial charge < -0.3 is 10.1 Å². The van der Waals surface area contributed by atoms with Crippen LogP contribution in [0.3, 0.4) is 0 Å².